The fourth-order valence-electron chi connectivity index (χ4n) is 3.44. The Kier molecular flexibility index (Phi) is 3.92. The summed E-state index contributed by atoms with van der Waals surface area (Å²) in [6.07, 6.45) is 0. The molecule has 0 radical (unpaired) electrons. The van der Waals surface area contributed by atoms with Crippen LogP contribution in [0.3, 0.4) is 0 Å². The Balaban J connectivity index is 1.82. The van der Waals surface area contributed by atoms with Gasteiger partial charge in [0.15, 0.2) is 0 Å². The molecule has 0 N–H and O–H groups in total. The summed E-state index contributed by atoms with van der Waals surface area (Å²) in [4.78, 5) is 13.2. The molecule has 0 fully saturated rings. The Bertz CT molecular complexity index is 1330. The van der Waals surface area contributed by atoms with Crippen molar-refractivity contribution in [3.63, 3.8) is 0 Å². The predicted octanol–water partition coefficient (Wildman–Crippen LogP) is 5.43. The maximum atomic E-state index is 13.2. The molecule has 0 bridgehead atoms. The summed E-state index contributed by atoms with van der Waals surface area (Å²) in [5, 5.41) is 11.3. The highest BCUT2D eigenvalue weighted by Crippen LogP contribution is 2.30. The fraction of sp³-hybridized carbons (Fsp3) is 0. The number of rotatable bonds is 3. The van der Waals surface area contributed by atoms with E-state index in [-0.39, 0.29) is 5.78 Å². The lowest BCUT2D eigenvalue weighted by Crippen LogP contribution is -2.09. The summed E-state index contributed by atoms with van der Waals surface area (Å²) in [7, 11) is 0. The van der Waals surface area contributed by atoms with Crippen LogP contribution in [0.25, 0.3) is 27.5 Å². The second kappa shape index (κ2) is 6.59. The first-order valence-corrected chi connectivity index (χ1v) is 9.23. The van der Waals surface area contributed by atoms with Crippen LogP contribution in [0.4, 0.5) is 0 Å². The number of carbonyl (C=O) groups excluding carboxylic acids is 1. The third-order valence-corrected chi connectivity index (χ3v) is 5.04. The van der Waals surface area contributed by atoms with Crippen LogP contribution in [0, 0.1) is 0 Å². The molecule has 4 nitrogen and oxygen atoms in total. The first-order valence-electron chi connectivity index (χ1n) is 8.85. The molecule has 134 valence electrons. The molecule has 28 heavy (non-hydrogen) atoms. The first kappa shape index (κ1) is 16.7. The second-order valence-electron chi connectivity index (χ2n) is 6.52. The van der Waals surface area contributed by atoms with E-state index >= 15 is 0 Å². The van der Waals surface area contributed by atoms with Gasteiger partial charge in [0.25, 0.3) is 0 Å². The van der Waals surface area contributed by atoms with Crippen LogP contribution in [-0.4, -0.2) is 20.6 Å². The maximum absolute atomic E-state index is 13.2. The molecule has 0 amide bonds. The highest BCUT2D eigenvalue weighted by Gasteiger charge is 2.20. The Morgan fingerprint density at radius 3 is 2.36 bits per heavy atom. The summed E-state index contributed by atoms with van der Waals surface area (Å²) in [6, 6.07) is 26.6. The normalized spacial score (nSPS) is 11.2. The smallest absolute Gasteiger partial charge is 0.211 e. The molecule has 0 aliphatic heterocycles. The molecule has 0 atom stereocenters. The molecule has 5 aromatic rings. The minimum atomic E-state index is -0.128. The van der Waals surface area contributed by atoms with E-state index in [0.29, 0.717) is 16.3 Å². The van der Waals surface area contributed by atoms with Gasteiger partial charge in [-0.15, -0.1) is 5.10 Å². The van der Waals surface area contributed by atoms with Gasteiger partial charge in [0.2, 0.25) is 5.78 Å². The van der Waals surface area contributed by atoms with Crippen LogP contribution >= 0.6 is 11.6 Å². The monoisotopic (exact) mass is 383 g/mol. The zero-order chi connectivity index (χ0) is 19.1. The minimum Gasteiger partial charge on any atom is -0.287 e. The fourth-order valence-corrected chi connectivity index (χ4v) is 3.57. The molecule has 0 aliphatic carbocycles. The molecule has 0 unspecified atom stereocenters. The minimum absolute atomic E-state index is 0.128. The molecule has 5 rings (SSSR count). The van der Waals surface area contributed by atoms with Gasteiger partial charge in [-0.05, 0) is 35.7 Å². The lowest BCUT2D eigenvalue weighted by Gasteiger charge is -2.08. The topological polar surface area (TPSA) is 47.3 Å². The predicted molar refractivity (Wildman–Crippen MR) is 111 cm³/mol. The molecule has 2 aromatic heterocycles. The maximum Gasteiger partial charge on any atom is 0.211 e. The number of aromatic nitrogens is 3. The summed E-state index contributed by atoms with van der Waals surface area (Å²) in [6.45, 7) is 0. The van der Waals surface area contributed by atoms with Crippen molar-refractivity contribution in [2.24, 2.45) is 0 Å². The zero-order valence-electron chi connectivity index (χ0n) is 14.7. The average Bonchev–Trinajstić information content (AvgIpc) is 3.19. The number of nitrogens with zero attached hydrogens (tertiary/aromatic N) is 3. The summed E-state index contributed by atoms with van der Waals surface area (Å²) >= 11 is 5.97. The average molecular weight is 384 g/mol. The van der Waals surface area contributed by atoms with Crippen molar-refractivity contribution in [1.29, 1.82) is 0 Å². The Hall–Kier alpha value is -3.50. The largest absolute Gasteiger partial charge is 0.287 e. The third kappa shape index (κ3) is 2.66. The Labute approximate surface area is 166 Å². The number of hydrogen-bond acceptors (Lipinski definition) is 3. The van der Waals surface area contributed by atoms with Crippen molar-refractivity contribution in [3.8, 4) is 11.3 Å². The van der Waals surface area contributed by atoms with E-state index in [4.69, 9.17) is 11.6 Å². The Morgan fingerprint density at radius 2 is 1.57 bits per heavy atom. The van der Waals surface area contributed by atoms with Crippen LogP contribution in [0.1, 0.15) is 16.1 Å². The number of benzene rings is 3. The van der Waals surface area contributed by atoms with Gasteiger partial charge < -0.3 is 0 Å². The number of halogens is 1. The van der Waals surface area contributed by atoms with Gasteiger partial charge >= 0.3 is 0 Å². The number of ketones is 1. The van der Waals surface area contributed by atoms with Crippen LogP contribution in [0.2, 0.25) is 5.02 Å². The molecule has 5 heteroatoms. The summed E-state index contributed by atoms with van der Waals surface area (Å²) in [5.74, 6) is -0.128. The van der Waals surface area contributed by atoms with E-state index in [0.717, 1.165) is 27.5 Å². The van der Waals surface area contributed by atoms with Gasteiger partial charge in [-0.2, -0.15) is 0 Å². The highest BCUT2D eigenvalue weighted by molar-refractivity contribution is 6.30. The van der Waals surface area contributed by atoms with Crippen molar-refractivity contribution in [2.45, 2.75) is 0 Å². The highest BCUT2D eigenvalue weighted by atomic mass is 35.5. The van der Waals surface area contributed by atoms with E-state index in [1.165, 1.54) is 0 Å². The van der Waals surface area contributed by atoms with Crippen molar-refractivity contribution in [2.75, 3.05) is 0 Å². The SMILES string of the molecule is O=C(c1ccc(Cl)cc1)c1cc2ccccc2c2c(-c3ccccc3)nnn12. The quantitative estimate of drug-likeness (QED) is 0.390. The number of carbonyl (C=O) groups is 1. The third-order valence-electron chi connectivity index (χ3n) is 4.79. The molecular weight excluding hydrogens is 370 g/mol. The zero-order valence-corrected chi connectivity index (χ0v) is 15.5. The van der Waals surface area contributed by atoms with Crippen LogP contribution < -0.4 is 0 Å². The van der Waals surface area contributed by atoms with Gasteiger partial charge in [-0.25, -0.2) is 4.52 Å². The molecular formula is C23H14ClN3O. The number of pyridine rings is 1. The van der Waals surface area contributed by atoms with Gasteiger partial charge in [-0.3, -0.25) is 4.79 Å². The Morgan fingerprint density at radius 1 is 0.857 bits per heavy atom. The van der Waals surface area contributed by atoms with Crippen LogP contribution in [0.5, 0.6) is 0 Å². The first-order chi connectivity index (χ1) is 13.7. The number of hydrogen-bond donors (Lipinski definition) is 0. The summed E-state index contributed by atoms with van der Waals surface area (Å²) < 4.78 is 1.64. The molecule has 0 saturated heterocycles. The second-order valence-corrected chi connectivity index (χ2v) is 6.95. The van der Waals surface area contributed by atoms with Crippen molar-refractivity contribution in [1.82, 2.24) is 14.8 Å². The molecule has 2 heterocycles. The van der Waals surface area contributed by atoms with E-state index in [1.807, 2.05) is 60.7 Å². The lowest BCUT2D eigenvalue weighted by atomic mass is 10.0. The standard InChI is InChI=1S/C23H14ClN3O/c24-18-12-10-16(11-13-18)23(28)20-14-17-8-4-5-9-19(17)22-21(25-26-27(20)22)15-6-2-1-3-7-15/h1-14H. The van der Waals surface area contributed by atoms with Crippen molar-refractivity contribution in [3.05, 3.63) is 101 Å². The molecule has 0 saturated carbocycles. The summed E-state index contributed by atoms with van der Waals surface area (Å²) in [5.41, 5.74) is 3.55. The van der Waals surface area contributed by atoms with E-state index in [9.17, 15) is 4.79 Å². The van der Waals surface area contributed by atoms with Crippen molar-refractivity contribution < 1.29 is 4.79 Å². The molecule has 0 aliphatic rings. The van der Waals surface area contributed by atoms with Crippen molar-refractivity contribution >= 4 is 33.7 Å². The van der Waals surface area contributed by atoms with Crippen LogP contribution in [-0.2, 0) is 0 Å². The number of fused-ring (bicyclic) bond motifs is 3. The van der Waals surface area contributed by atoms with Gasteiger partial charge in [0.05, 0.1) is 0 Å². The van der Waals surface area contributed by atoms with E-state index < -0.39 is 0 Å². The van der Waals surface area contributed by atoms with E-state index in [1.54, 1.807) is 28.8 Å². The van der Waals surface area contributed by atoms with Gasteiger partial charge in [0, 0.05) is 21.5 Å². The van der Waals surface area contributed by atoms with Crippen LogP contribution in [0.15, 0.2) is 84.9 Å². The van der Waals surface area contributed by atoms with Gasteiger partial charge in [-0.1, -0.05) is 71.4 Å². The van der Waals surface area contributed by atoms with E-state index in [2.05, 4.69) is 10.3 Å². The lowest BCUT2D eigenvalue weighted by molar-refractivity contribution is 0.103. The van der Waals surface area contributed by atoms with Gasteiger partial charge in [0.1, 0.15) is 16.9 Å². The molecule has 3 aromatic carbocycles. The molecule has 0 spiro atoms.